The van der Waals surface area contributed by atoms with Crippen molar-refractivity contribution >= 4 is 47.2 Å². The van der Waals surface area contributed by atoms with Crippen molar-refractivity contribution in [1.29, 1.82) is 0 Å². The third-order valence-corrected chi connectivity index (χ3v) is 11.0. The van der Waals surface area contributed by atoms with E-state index in [9.17, 15) is 43.5 Å². The van der Waals surface area contributed by atoms with E-state index in [2.05, 4.69) is 28.2 Å². The molecule has 15 heteroatoms. The summed E-state index contributed by atoms with van der Waals surface area (Å²) in [5.41, 5.74) is 6.47. The second-order valence-electron chi connectivity index (χ2n) is 17.2. The highest BCUT2D eigenvalue weighted by Crippen LogP contribution is 2.17. The quantitative estimate of drug-likeness (QED) is 0.0536. The van der Waals surface area contributed by atoms with Crippen LogP contribution in [0, 0.1) is 17.8 Å². The Morgan fingerprint density at radius 2 is 1.18 bits per heavy atom. The Balaban J connectivity index is 3.33. The molecular formula is C46H76N6O9. The lowest BCUT2D eigenvalue weighted by Crippen LogP contribution is -2.61. The molecule has 1 aromatic rings. The van der Waals surface area contributed by atoms with Gasteiger partial charge in [-0.2, -0.15) is 0 Å². The molecule has 7 N–H and O–H groups in total. The fourth-order valence-electron chi connectivity index (χ4n) is 7.17. The highest BCUT2D eigenvalue weighted by Gasteiger charge is 2.37. The van der Waals surface area contributed by atoms with E-state index in [0.717, 1.165) is 31.2 Å². The zero-order valence-electron chi connectivity index (χ0n) is 38.1. The number of ketones is 1. The van der Waals surface area contributed by atoms with Gasteiger partial charge in [0.25, 0.3) is 0 Å². The molecule has 61 heavy (non-hydrogen) atoms. The van der Waals surface area contributed by atoms with Crippen LogP contribution in [0.25, 0.3) is 0 Å². The Kier molecular flexibility index (Phi) is 26.2. The number of aliphatic carboxylic acids is 1. The maximum absolute atomic E-state index is 14.2. The van der Waals surface area contributed by atoms with Crippen LogP contribution in [0.4, 0.5) is 0 Å². The van der Waals surface area contributed by atoms with Gasteiger partial charge in [0.15, 0.2) is 0 Å². The maximum Gasteiger partial charge on any atom is 0.305 e. The molecule has 0 saturated carbocycles. The molecule has 0 aliphatic rings. The number of rotatable bonds is 32. The molecule has 0 fully saturated rings. The highest BCUT2D eigenvalue weighted by molar-refractivity contribution is 5.99. The Morgan fingerprint density at radius 1 is 0.656 bits per heavy atom. The van der Waals surface area contributed by atoms with Crippen LogP contribution in [-0.2, 0) is 44.8 Å². The van der Waals surface area contributed by atoms with Gasteiger partial charge in [0.1, 0.15) is 36.0 Å². The van der Waals surface area contributed by atoms with Crippen molar-refractivity contribution in [2.75, 3.05) is 7.05 Å². The monoisotopic (exact) mass is 857 g/mol. The van der Waals surface area contributed by atoms with Gasteiger partial charge in [0.2, 0.25) is 35.4 Å². The zero-order valence-corrected chi connectivity index (χ0v) is 38.1. The maximum atomic E-state index is 14.2. The van der Waals surface area contributed by atoms with Crippen molar-refractivity contribution in [3.63, 3.8) is 0 Å². The minimum Gasteiger partial charge on any atom is -0.481 e. The number of aryl methyl sites for hydroxylation is 1. The predicted octanol–water partition coefficient (Wildman–Crippen LogP) is 4.97. The van der Waals surface area contributed by atoms with Crippen LogP contribution in [0.3, 0.4) is 0 Å². The van der Waals surface area contributed by atoms with E-state index in [1.807, 2.05) is 37.3 Å². The number of amides is 6. The molecule has 0 spiro atoms. The average molecular weight is 857 g/mol. The number of nitrogens with two attached hydrogens (primary N) is 1. The van der Waals surface area contributed by atoms with Crippen LogP contribution in [0.2, 0.25) is 0 Å². The number of hydrogen-bond donors (Lipinski definition) is 6. The van der Waals surface area contributed by atoms with Crippen LogP contribution < -0.4 is 27.0 Å². The van der Waals surface area contributed by atoms with E-state index in [-0.39, 0.29) is 42.8 Å². The third kappa shape index (κ3) is 21.5. The minimum absolute atomic E-state index is 0.0583. The predicted molar refractivity (Wildman–Crippen MR) is 236 cm³/mol. The summed E-state index contributed by atoms with van der Waals surface area (Å²) in [4.78, 5) is 107. The Morgan fingerprint density at radius 3 is 1.69 bits per heavy atom. The number of nitrogens with zero attached hydrogens (tertiary/aromatic N) is 1. The van der Waals surface area contributed by atoms with Crippen LogP contribution in [0.15, 0.2) is 30.3 Å². The summed E-state index contributed by atoms with van der Waals surface area (Å²) in [6.07, 6.45) is 9.33. The zero-order chi connectivity index (χ0) is 46.1. The molecule has 1 unspecified atom stereocenters. The van der Waals surface area contributed by atoms with E-state index in [1.165, 1.54) is 30.6 Å². The summed E-state index contributed by atoms with van der Waals surface area (Å²) >= 11 is 0. The number of carbonyl (C=O) groups is 8. The minimum atomic E-state index is -1.68. The van der Waals surface area contributed by atoms with Crippen LogP contribution in [0.1, 0.15) is 150 Å². The number of nitrogens with one attached hydrogen (secondary N) is 4. The number of primary amides is 1. The second kappa shape index (κ2) is 29.4. The number of likely N-dealkylation sites (N-methyl/N-ethyl adjacent to an activating group) is 1. The molecule has 0 bridgehead atoms. The summed E-state index contributed by atoms with van der Waals surface area (Å²) in [6, 6.07) is 3.00. The molecule has 1 rings (SSSR count). The molecule has 15 nitrogen and oxygen atoms in total. The largest absolute Gasteiger partial charge is 0.481 e. The van der Waals surface area contributed by atoms with E-state index in [1.54, 1.807) is 41.7 Å². The first kappa shape index (κ1) is 54.2. The van der Waals surface area contributed by atoms with Crippen molar-refractivity contribution < 1.29 is 43.5 Å². The first-order valence-corrected chi connectivity index (χ1v) is 22.4. The molecule has 0 aliphatic carbocycles. The van der Waals surface area contributed by atoms with Crippen molar-refractivity contribution in [2.24, 2.45) is 23.5 Å². The molecule has 0 heterocycles. The number of hydrogen-bond acceptors (Lipinski definition) is 8. The average Bonchev–Trinajstić information content (AvgIpc) is 3.19. The number of carbonyl (C=O) groups excluding carboxylic acids is 7. The second-order valence-corrected chi connectivity index (χ2v) is 17.2. The fourth-order valence-corrected chi connectivity index (χ4v) is 7.17. The molecular weight excluding hydrogens is 781 g/mol. The van der Waals surface area contributed by atoms with Gasteiger partial charge in [-0.3, -0.25) is 38.4 Å². The van der Waals surface area contributed by atoms with Gasteiger partial charge in [0.05, 0.1) is 6.42 Å². The number of carboxylic acids is 1. The van der Waals surface area contributed by atoms with Crippen LogP contribution >= 0.6 is 0 Å². The molecule has 6 amide bonds. The van der Waals surface area contributed by atoms with Gasteiger partial charge in [-0.05, 0) is 42.6 Å². The van der Waals surface area contributed by atoms with Crippen LogP contribution in [-0.4, -0.2) is 94.5 Å². The van der Waals surface area contributed by atoms with Gasteiger partial charge in [-0.15, -0.1) is 0 Å². The van der Waals surface area contributed by atoms with Gasteiger partial charge in [-0.1, -0.05) is 137 Å². The standard InChI is InChI=1S/C46H76N6O9/c1-9-11-12-13-14-15-16-17-21-24-34(53)28-36(43(58)49-37(29-39(55)56)44(59)48-35(42(47)57)27-30(3)4)50-45(60)40(32(7)10-2)51-46(61)41(31(5)6)52(8)38(54)26-25-33-22-19-18-20-23-33/h18-20,22-23,30-32,35-37,40-41H,9-17,21,24-29H2,1-8H3,(H2,47,57)(H,48,59)(H,49,58)(H,50,60)(H,51,61)(H,55,56)/t32-,35-,36?,37-,40-,41-/m0/s1. The summed E-state index contributed by atoms with van der Waals surface area (Å²) in [6.45, 7) is 12.9. The molecule has 1 aromatic carbocycles. The molecule has 0 saturated heterocycles. The van der Waals surface area contributed by atoms with Gasteiger partial charge in [-0.25, -0.2) is 0 Å². The lowest BCUT2D eigenvalue weighted by atomic mass is 9.95. The number of Topliss-reactive ketones (excluding diaryl/α,β-unsaturated/α-hetero) is 1. The number of benzene rings is 1. The van der Waals surface area contributed by atoms with Crippen molar-refractivity contribution in [3.8, 4) is 0 Å². The smallest absolute Gasteiger partial charge is 0.305 e. The Bertz CT molecular complexity index is 1550. The summed E-state index contributed by atoms with van der Waals surface area (Å²) in [7, 11) is 1.55. The third-order valence-electron chi connectivity index (χ3n) is 11.0. The molecule has 0 aromatic heterocycles. The fraction of sp³-hybridized carbons (Fsp3) is 0.696. The van der Waals surface area contributed by atoms with Gasteiger partial charge < -0.3 is 37.0 Å². The SMILES string of the molecule is CCCCCCCCCCCC(=O)CC(NC(=O)[C@@H](NC(=O)[C@H](C(C)C)N(C)C(=O)CCc1ccccc1)[C@@H](C)CC)C(=O)N[C@@H](CC(=O)O)C(=O)N[C@@H](CC(C)C)C(N)=O. The van der Waals surface area contributed by atoms with E-state index >= 15 is 0 Å². The first-order chi connectivity index (χ1) is 28.8. The van der Waals surface area contributed by atoms with Gasteiger partial charge in [0, 0.05) is 26.3 Å². The van der Waals surface area contributed by atoms with E-state index in [4.69, 9.17) is 5.73 Å². The lowest BCUT2D eigenvalue weighted by Gasteiger charge is -2.33. The summed E-state index contributed by atoms with van der Waals surface area (Å²) < 4.78 is 0. The Hall–Kier alpha value is -4.82. The normalized spacial score (nSPS) is 14.2. The molecule has 0 aliphatic heterocycles. The van der Waals surface area contributed by atoms with Gasteiger partial charge >= 0.3 is 5.97 Å². The Labute approximate surface area is 363 Å². The van der Waals surface area contributed by atoms with Crippen LogP contribution in [0.5, 0.6) is 0 Å². The first-order valence-electron chi connectivity index (χ1n) is 22.4. The highest BCUT2D eigenvalue weighted by atomic mass is 16.4. The topological polar surface area (TPSA) is 234 Å². The number of carboxylic acid groups (broad SMARTS) is 1. The summed E-state index contributed by atoms with van der Waals surface area (Å²) in [5.74, 6) is -7.02. The van der Waals surface area contributed by atoms with Crippen molar-refractivity contribution in [2.45, 2.75) is 181 Å². The lowest BCUT2D eigenvalue weighted by molar-refractivity contribution is -0.143. The van der Waals surface area contributed by atoms with Crippen molar-refractivity contribution in [1.82, 2.24) is 26.2 Å². The van der Waals surface area contributed by atoms with Crippen molar-refractivity contribution in [3.05, 3.63) is 35.9 Å². The number of unbranched alkanes of at least 4 members (excludes halogenated alkanes) is 8. The molecule has 6 atom stereocenters. The molecule has 344 valence electrons. The molecule has 0 radical (unpaired) electrons. The van der Waals surface area contributed by atoms with E-state index in [0.29, 0.717) is 19.3 Å². The van der Waals surface area contributed by atoms with E-state index < -0.39 is 84.5 Å². The summed E-state index contributed by atoms with van der Waals surface area (Å²) in [5, 5.41) is 19.9.